The van der Waals surface area contributed by atoms with Crippen LogP contribution in [0.2, 0.25) is 0 Å². The van der Waals surface area contributed by atoms with Gasteiger partial charge in [-0.15, -0.1) is 0 Å². The van der Waals surface area contributed by atoms with Crippen LogP contribution in [-0.4, -0.2) is 46.8 Å². The maximum absolute atomic E-state index is 14.2. The number of nitrogens with zero attached hydrogens (tertiary/aromatic N) is 4. The van der Waals surface area contributed by atoms with Crippen LogP contribution in [0.25, 0.3) is 22.0 Å². The third-order valence-corrected chi connectivity index (χ3v) is 5.26. The summed E-state index contributed by atoms with van der Waals surface area (Å²) in [4.78, 5) is 15.9. The van der Waals surface area contributed by atoms with E-state index in [1.807, 2.05) is 33.8 Å². The highest BCUT2D eigenvalue weighted by Gasteiger charge is 2.24. The van der Waals surface area contributed by atoms with E-state index < -0.39 is 0 Å². The Labute approximate surface area is 163 Å². The number of fused-ring (bicyclic) bond motifs is 1. The van der Waals surface area contributed by atoms with Gasteiger partial charge in [-0.05, 0) is 36.8 Å². The van der Waals surface area contributed by atoms with E-state index in [0.717, 1.165) is 41.9 Å². The second-order valence-electron chi connectivity index (χ2n) is 6.87. The molecule has 0 N–H and O–H groups in total. The zero-order chi connectivity index (χ0) is 19.7. The van der Waals surface area contributed by atoms with Crippen molar-refractivity contribution < 1.29 is 9.18 Å². The molecule has 1 fully saturated rings. The zero-order valence-electron chi connectivity index (χ0n) is 15.9. The van der Waals surface area contributed by atoms with Gasteiger partial charge in [0.2, 0.25) is 5.91 Å². The van der Waals surface area contributed by atoms with Crippen molar-refractivity contribution in [1.29, 1.82) is 0 Å². The van der Waals surface area contributed by atoms with Crippen molar-refractivity contribution in [2.24, 2.45) is 0 Å². The number of hydrogen-bond acceptors (Lipinski definition) is 3. The molecule has 2 aromatic carbocycles. The maximum atomic E-state index is 14.2. The van der Waals surface area contributed by atoms with Crippen LogP contribution < -0.4 is 4.90 Å². The van der Waals surface area contributed by atoms with E-state index in [1.54, 1.807) is 12.1 Å². The fourth-order valence-electron chi connectivity index (χ4n) is 3.80. The normalized spacial score (nSPS) is 14.5. The van der Waals surface area contributed by atoms with Crippen molar-refractivity contribution in [3.8, 4) is 11.1 Å². The number of hydrogen-bond donors (Lipinski definition) is 0. The van der Waals surface area contributed by atoms with Gasteiger partial charge in [0.15, 0.2) is 0 Å². The molecule has 3 aromatic rings. The molecule has 0 spiro atoms. The van der Waals surface area contributed by atoms with Gasteiger partial charge in [-0.25, -0.2) is 9.07 Å². The molecule has 28 heavy (non-hydrogen) atoms. The van der Waals surface area contributed by atoms with E-state index in [4.69, 9.17) is 5.10 Å². The number of rotatable bonds is 4. The highest BCUT2D eigenvalue weighted by Crippen LogP contribution is 2.32. The number of halogens is 1. The second-order valence-corrected chi connectivity index (χ2v) is 6.87. The van der Waals surface area contributed by atoms with Crippen LogP contribution >= 0.6 is 0 Å². The Balaban J connectivity index is 1.69. The Morgan fingerprint density at radius 1 is 1.18 bits per heavy atom. The molecule has 0 bridgehead atoms. The molecule has 0 atom stereocenters. The Bertz CT molecular complexity index is 1030. The van der Waals surface area contributed by atoms with Crippen LogP contribution in [0.3, 0.4) is 0 Å². The molecule has 0 saturated carbocycles. The quantitative estimate of drug-likeness (QED) is 0.650. The minimum absolute atomic E-state index is 0.0250. The number of piperazine rings is 1. The van der Waals surface area contributed by atoms with Crippen molar-refractivity contribution in [3.63, 3.8) is 0 Å². The lowest BCUT2D eigenvalue weighted by atomic mass is 10.0. The third kappa shape index (κ3) is 3.15. The zero-order valence-corrected chi connectivity index (χ0v) is 15.9. The monoisotopic (exact) mass is 378 g/mol. The molecule has 0 unspecified atom stereocenters. The number of aromatic nitrogens is 2. The molecular weight excluding hydrogens is 355 g/mol. The van der Waals surface area contributed by atoms with E-state index >= 15 is 0 Å². The number of carbonyl (C=O) groups excluding carboxylic acids is 1. The summed E-state index contributed by atoms with van der Waals surface area (Å²) in [6, 6.07) is 12.7. The first-order chi connectivity index (χ1) is 13.6. The van der Waals surface area contributed by atoms with E-state index in [2.05, 4.69) is 18.4 Å². The standard InChI is InChI=1S/C22H23FN4O/c1-3-21(28)25-11-13-26(14-12-25)22-18-10-9-16(15-20(18)24-27(22)4-2)17-7-5-6-8-19(17)23/h3,5-10,15H,1,4,11-14H2,2H3. The number of aryl methyl sites for hydroxylation is 1. The molecule has 5 nitrogen and oxygen atoms in total. The first-order valence-electron chi connectivity index (χ1n) is 9.54. The van der Waals surface area contributed by atoms with Gasteiger partial charge >= 0.3 is 0 Å². The first-order valence-corrected chi connectivity index (χ1v) is 9.54. The summed E-state index contributed by atoms with van der Waals surface area (Å²) in [5.74, 6) is 0.798. The van der Waals surface area contributed by atoms with Gasteiger partial charge < -0.3 is 9.80 Å². The SMILES string of the molecule is C=CC(=O)N1CCN(c2c3ccc(-c4ccccc4F)cc3nn2CC)CC1. The topological polar surface area (TPSA) is 41.4 Å². The van der Waals surface area contributed by atoms with Gasteiger partial charge in [-0.2, -0.15) is 5.10 Å². The fraction of sp³-hybridized carbons (Fsp3) is 0.273. The lowest BCUT2D eigenvalue weighted by Crippen LogP contribution is -2.48. The molecular formula is C22H23FN4O. The van der Waals surface area contributed by atoms with E-state index in [9.17, 15) is 9.18 Å². The van der Waals surface area contributed by atoms with Crippen molar-refractivity contribution in [1.82, 2.24) is 14.7 Å². The Hall–Kier alpha value is -3.15. The Morgan fingerprint density at radius 3 is 2.61 bits per heavy atom. The average Bonchev–Trinajstić information content (AvgIpc) is 3.11. The minimum Gasteiger partial charge on any atom is -0.353 e. The molecule has 6 heteroatoms. The van der Waals surface area contributed by atoms with Gasteiger partial charge in [0.05, 0.1) is 5.52 Å². The number of anilines is 1. The summed E-state index contributed by atoms with van der Waals surface area (Å²) in [6.45, 7) is 9.18. The highest BCUT2D eigenvalue weighted by atomic mass is 19.1. The van der Waals surface area contributed by atoms with Gasteiger partial charge in [0.25, 0.3) is 0 Å². The molecule has 1 aliphatic heterocycles. The van der Waals surface area contributed by atoms with Crippen molar-refractivity contribution in [3.05, 3.63) is 60.9 Å². The molecule has 144 valence electrons. The predicted molar refractivity (Wildman–Crippen MR) is 110 cm³/mol. The third-order valence-electron chi connectivity index (χ3n) is 5.26. The largest absolute Gasteiger partial charge is 0.353 e. The molecule has 1 amide bonds. The Kier molecular flexibility index (Phi) is 4.86. The van der Waals surface area contributed by atoms with Crippen LogP contribution in [0.15, 0.2) is 55.1 Å². The Morgan fingerprint density at radius 2 is 1.93 bits per heavy atom. The molecule has 1 aromatic heterocycles. The van der Waals surface area contributed by atoms with E-state index in [1.165, 1.54) is 12.1 Å². The van der Waals surface area contributed by atoms with Gasteiger partial charge in [-0.1, -0.05) is 30.8 Å². The van der Waals surface area contributed by atoms with E-state index in [-0.39, 0.29) is 11.7 Å². The van der Waals surface area contributed by atoms with E-state index in [0.29, 0.717) is 18.7 Å². The number of amides is 1. The molecule has 0 aliphatic carbocycles. The van der Waals surface area contributed by atoms with Crippen LogP contribution in [0.1, 0.15) is 6.92 Å². The smallest absolute Gasteiger partial charge is 0.246 e. The summed E-state index contributed by atoms with van der Waals surface area (Å²) in [5.41, 5.74) is 2.25. The highest BCUT2D eigenvalue weighted by molar-refractivity contribution is 5.94. The summed E-state index contributed by atoms with van der Waals surface area (Å²) < 4.78 is 16.2. The first kappa shape index (κ1) is 18.2. The van der Waals surface area contributed by atoms with Crippen molar-refractivity contribution in [2.75, 3.05) is 31.1 Å². The van der Waals surface area contributed by atoms with Crippen LogP contribution in [0.5, 0.6) is 0 Å². The molecule has 0 radical (unpaired) electrons. The number of carbonyl (C=O) groups is 1. The summed E-state index contributed by atoms with van der Waals surface area (Å²) >= 11 is 0. The molecule has 2 heterocycles. The minimum atomic E-state index is -0.236. The second kappa shape index (κ2) is 7.46. The average molecular weight is 378 g/mol. The van der Waals surface area contributed by atoms with Crippen LogP contribution in [0.4, 0.5) is 10.2 Å². The van der Waals surface area contributed by atoms with Crippen LogP contribution in [-0.2, 0) is 11.3 Å². The van der Waals surface area contributed by atoms with Gasteiger partial charge in [0, 0.05) is 43.7 Å². The lowest BCUT2D eigenvalue weighted by Gasteiger charge is -2.35. The summed E-state index contributed by atoms with van der Waals surface area (Å²) in [7, 11) is 0. The van der Waals surface area contributed by atoms with Crippen molar-refractivity contribution >= 4 is 22.6 Å². The van der Waals surface area contributed by atoms with Crippen molar-refractivity contribution in [2.45, 2.75) is 13.5 Å². The predicted octanol–water partition coefficient (Wildman–Crippen LogP) is 3.70. The van der Waals surface area contributed by atoms with Crippen LogP contribution in [0, 0.1) is 5.82 Å². The summed E-state index contributed by atoms with van der Waals surface area (Å²) in [6.07, 6.45) is 1.37. The fourth-order valence-corrected chi connectivity index (χ4v) is 3.80. The molecule has 1 saturated heterocycles. The lowest BCUT2D eigenvalue weighted by molar-refractivity contribution is -0.126. The number of benzene rings is 2. The van der Waals surface area contributed by atoms with Gasteiger partial charge in [-0.3, -0.25) is 4.79 Å². The molecule has 4 rings (SSSR count). The maximum Gasteiger partial charge on any atom is 0.246 e. The molecule has 1 aliphatic rings. The van der Waals surface area contributed by atoms with Gasteiger partial charge in [0.1, 0.15) is 11.6 Å². The summed E-state index contributed by atoms with van der Waals surface area (Å²) in [5, 5.41) is 5.80.